The van der Waals surface area contributed by atoms with E-state index in [0.29, 0.717) is 12.8 Å². The quantitative estimate of drug-likeness (QED) is 0.0276. The number of aliphatic hydroxyl groups is 2. The molecule has 330 valence electrons. The van der Waals surface area contributed by atoms with Gasteiger partial charge >= 0.3 is 0 Å². The lowest BCUT2D eigenvalue weighted by Crippen LogP contribution is -2.50. The zero-order chi connectivity index (χ0) is 41.2. The minimum absolute atomic E-state index is 0.275. The monoisotopic (exact) mass is 810 g/mol. The number of hydrogen-bond donors (Lipinski definition) is 4. The van der Waals surface area contributed by atoms with Gasteiger partial charge in [-0.2, -0.15) is 8.42 Å². The molecule has 4 N–H and O–H groups in total. The van der Waals surface area contributed by atoms with Gasteiger partial charge in [0.2, 0.25) is 5.91 Å². The zero-order valence-electron chi connectivity index (χ0n) is 36.6. The van der Waals surface area contributed by atoms with Gasteiger partial charge in [0.25, 0.3) is 10.1 Å². The van der Waals surface area contributed by atoms with Crippen LogP contribution in [-0.4, -0.2) is 53.1 Å². The minimum Gasteiger partial charge on any atom is -0.387 e. The molecule has 0 spiro atoms. The lowest BCUT2D eigenvalue weighted by Gasteiger charge is -2.22. The number of amides is 1. The summed E-state index contributed by atoms with van der Waals surface area (Å²) in [5.74, 6) is -1.56. The van der Waals surface area contributed by atoms with Crippen LogP contribution in [0.2, 0.25) is 0 Å². The first-order valence-electron chi connectivity index (χ1n) is 23.8. The largest absolute Gasteiger partial charge is 0.387 e. The normalized spacial score (nSPS) is 14.0. The molecule has 0 aliphatic heterocycles. The van der Waals surface area contributed by atoms with Crippen molar-refractivity contribution in [3.8, 4) is 0 Å². The van der Waals surface area contributed by atoms with Gasteiger partial charge < -0.3 is 15.5 Å². The second-order valence-corrected chi connectivity index (χ2v) is 18.0. The molecule has 0 heterocycles. The number of aliphatic hydroxyl groups excluding tert-OH is 2. The van der Waals surface area contributed by atoms with Crippen LogP contribution in [0.25, 0.3) is 0 Å². The summed E-state index contributed by atoms with van der Waals surface area (Å²) in [4.78, 5) is 12.6. The highest BCUT2D eigenvalue weighted by Crippen LogP contribution is 2.16. The predicted octanol–water partition coefficient (Wildman–Crippen LogP) is 13.4. The highest BCUT2D eigenvalue weighted by molar-refractivity contribution is 7.85. The van der Waals surface area contributed by atoms with Crippen LogP contribution in [0.3, 0.4) is 0 Å². The van der Waals surface area contributed by atoms with E-state index in [2.05, 4.69) is 43.5 Å². The number of carbonyl (C=O) groups is 1. The number of rotatable bonds is 43. The predicted molar refractivity (Wildman–Crippen MR) is 241 cm³/mol. The van der Waals surface area contributed by atoms with Crippen LogP contribution in [-0.2, 0) is 14.9 Å². The molecule has 7 nitrogen and oxygen atoms in total. The van der Waals surface area contributed by atoms with Crippen molar-refractivity contribution in [3.05, 3.63) is 36.5 Å². The molecule has 56 heavy (non-hydrogen) atoms. The number of unbranched alkanes of at least 4 members (excludes halogenated alkanes) is 30. The number of hydrogen-bond acceptors (Lipinski definition) is 5. The third-order valence-corrected chi connectivity index (χ3v) is 11.7. The van der Waals surface area contributed by atoms with E-state index in [1.807, 2.05) is 0 Å². The van der Waals surface area contributed by atoms with Crippen LogP contribution in [0.5, 0.6) is 0 Å². The maximum Gasteiger partial charge on any atom is 0.267 e. The lowest BCUT2D eigenvalue weighted by molar-refractivity contribution is -0.130. The van der Waals surface area contributed by atoms with Crippen molar-refractivity contribution in [3.63, 3.8) is 0 Å². The van der Waals surface area contributed by atoms with Gasteiger partial charge in [-0.1, -0.05) is 230 Å². The average molecular weight is 810 g/mol. The van der Waals surface area contributed by atoms with Crippen molar-refractivity contribution >= 4 is 16.0 Å². The first-order chi connectivity index (χ1) is 27.2. The van der Waals surface area contributed by atoms with Gasteiger partial charge in [0.05, 0.1) is 17.9 Å². The van der Waals surface area contributed by atoms with E-state index in [-0.39, 0.29) is 6.42 Å². The van der Waals surface area contributed by atoms with E-state index >= 15 is 0 Å². The number of nitrogens with one attached hydrogen (secondary N) is 1. The van der Waals surface area contributed by atoms with E-state index in [1.165, 1.54) is 167 Å². The fraction of sp³-hybridized carbons (Fsp3) is 0.854. The third kappa shape index (κ3) is 40.7. The molecular formula is C48H91NO6S. The van der Waals surface area contributed by atoms with Crippen molar-refractivity contribution in [2.24, 2.45) is 0 Å². The molecule has 3 atom stereocenters. The van der Waals surface area contributed by atoms with Crippen molar-refractivity contribution in [1.29, 1.82) is 0 Å². The molecule has 0 saturated heterocycles. The molecule has 0 aliphatic rings. The van der Waals surface area contributed by atoms with Gasteiger partial charge in [0.1, 0.15) is 6.10 Å². The summed E-state index contributed by atoms with van der Waals surface area (Å²) in [5, 5.41) is 23.5. The SMILES string of the molecule is CCCCCCCCCC/C=C/CC/C=C/CC/C=C/C(O)C(CS(=O)(=O)O)NC(=O)C(O)CCCCCCCCCCCCCCCCCCCCCCC. The molecule has 3 unspecified atom stereocenters. The van der Waals surface area contributed by atoms with Crippen LogP contribution in [0.15, 0.2) is 36.5 Å². The van der Waals surface area contributed by atoms with Crippen molar-refractivity contribution < 1.29 is 28.0 Å². The Kier molecular flexibility index (Phi) is 40.6. The Labute approximate surface area is 347 Å². The zero-order valence-corrected chi connectivity index (χ0v) is 37.4. The summed E-state index contributed by atoms with van der Waals surface area (Å²) in [6.07, 6.45) is 52.1. The van der Waals surface area contributed by atoms with Crippen LogP contribution < -0.4 is 5.32 Å². The Balaban J connectivity index is 3.98. The topological polar surface area (TPSA) is 124 Å². The van der Waals surface area contributed by atoms with Crippen LogP contribution in [0.1, 0.15) is 239 Å². The molecule has 0 aromatic heterocycles. The fourth-order valence-electron chi connectivity index (χ4n) is 7.25. The molecule has 0 rings (SSSR count). The maximum atomic E-state index is 12.6. The van der Waals surface area contributed by atoms with Gasteiger partial charge in [0, 0.05) is 0 Å². The Morgan fingerprint density at radius 2 is 0.804 bits per heavy atom. The summed E-state index contributed by atoms with van der Waals surface area (Å²) in [6.45, 7) is 4.53. The van der Waals surface area contributed by atoms with Gasteiger partial charge in [-0.15, -0.1) is 0 Å². The van der Waals surface area contributed by atoms with E-state index in [0.717, 1.165) is 44.9 Å². The van der Waals surface area contributed by atoms with Crippen molar-refractivity contribution in [2.75, 3.05) is 5.75 Å². The summed E-state index contributed by atoms with van der Waals surface area (Å²) in [6, 6.07) is -1.25. The van der Waals surface area contributed by atoms with E-state index in [9.17, 15) is 28.0 Å². The molecule has 1 amide bonds. The summed E-state index contributed by atoms with van der Waals surface area (Å²) in [5.41, 5.74) is 0. The minimum atomic E-state index is -4.46. The first kappa shape index (κ1) is 54.5. The average Bonchev–Trinajstić information content (AvgIpc) is 3.17. The van der Waals surface area contributed by atoms with Crippen LogP contribution in [0, 0.1) is 0 Å². The molecular weight excluding hydrogens is 719 g/mol. The summed E-state index contributed by atoms with van der Waals surface area (Å²) >= 11 is 0. The Hall–Kier alpha value is -1.48. The van der Waals surface area contributed by atoms with Crippen molar-refractivity contribution in [1.82, 2.24) is 5.32 Å². The Bertz CT molecular complexity index is 1040. The van der Waals surface area contributed by atoms with E-state index in [4.69, 9.17) is 0 Å². The molecule has 0 aromatic carbocycles. The van der Waals surface area contributed by atoms with Crippen LogP contribution >= 0.6 is 0 Å². The molecule has 0 aromatic rings. The van der Waals surface area contributed by atoms with Crippen molar-refractivity contribution in [2.45, 2.75) is 257 Å². The Morgan fingerprint density at radius 3 is 1.18 bits per heavy atom. The van der Waals surface area contributed by atoms with Gasteiger partial charge in [0.15, 0.2) is 0 Å². The number of carbonyl (C=O) groups excluding carboxylic acids is 1. The summed E-state index contributed by atoms with van der Waals surface area (Å²) < 4.78 is 32.6. The molecule has 0 bridgehead atoms. The standard InChI is InChI=1S/C48H91NO6S/c1-3-5-7-9-11-13-15-17-19-21-23-24-25-27-29-31-33-35-37-39-41-43-47(51)48(52)49-45(44-56(53,54)55)46(50)42-40-38-36-34-32-30-28-26-22-20-18-16-14-12-10-8-6-4-2/h22,26,32,34,40,42,45-47,50-51H,3-21,23-25,27-31,33,35-39,41,43-44H2,1-2H3,(H,49,52)(H,53,54,55)/b26-22+,34-32+,42-40+. The number of allylic oxidation sites excluding steroid dienone is 5. The second kappa shape index (κ2) is 41.7. The van der Waals surface area contributed by atoms with Gasteiger partial charge in [-0.05, 0) is 44.9 Å². The molecule has 0 saturated carbocycles. The third-order valence-electron chi connectivity index (χ3n) is 10.9. The highest BCUT2D eigenvalue weighted by atomic mass is 32.2. The van der Waals surface area contributed by atoms with E-state index < -0.39 is 40.0 Å². The molecule has 8 heteroatoms. The highest BCUT2D eigenvalue weighted by Gasteiger charge is 2.27. The van der Waals surface area contributed by atoms with E-state index in [1.54, 1.807) is 6.08 Å². The summed E-state index contributed by atoms with van der Waals surface area (Å²) in [7, 11) is -4.46. The second-order valence-electron chi connectivity index (χ2n) is 16.5. The lowest BCUT2D eigenvalue weighted by atomic mass is 10.0. The van der Waals surface area contributed by atoms with Gasteiger partial charge in [-0.25, -0.2) is 0 Å². The smallest absolute Gasteiger partial charge is 0.267 e. The Morgan fingerprint density at radius 1 is 0.482 bits per heavy atom. The molecule has 0 radical (unpaired) electrons. The molecule has 0 aliphatic carbocycles. The fourth-order valence-corrected chi connectivity index (χ4v) is 7.99. The van der Waals surface area contributed by atoms with Gasteiger partial charge in [-0.3, -0.25) is 9.35 Å². The van der Waals surface area contributed by atoms with Crippen LogP contribution in [0.4, 0.5) is 0 Å². The first-order valence-corrected chi connectivity index (χ1v) is 25.4. The maximum absolute atomic E-state index is 12.6. The molecule has 0 fully saturated rings.